The van der Waals surface area contributed by atoms with Gasteiger partial charge in [0, 0.05) is 19.3 Å². The van der Waals surface area contributed by atoms with Crippen molar-refractivity contribution >= 4 is 17.9 Å². The zero-order chi connectivity index (χ0) is 57.1. The molecule has 0 bridgehead atoms. The van der Waals surface area contributed by atoms with Gasteiger partial charge in [-0.2, -0.15) is 0 Å². The molecule has 6 nitrogen and oxygen atoms in total. The van der Waals surface area contributed by atoms with Gasteiger partial charge in [-0.1, -0.05) is 340 Å². The lowest BCUT2D eigenvalue weighted by molar-refractivity contribution is -0.167. The van der Waals surface area contributed by atoms with Gasteiger partial charge >= 0.3 is 17.9 Å². The van der Waals surface area contributed by atoms with Crippen LogP contribution in [-0.4, -0.2) is 37.2 Å². The number of ether oxygens (including phenoxy) is 3. The van der Waals surface area contributed by atoms with Crippen molar-refractivity contribution in [2.45, 2.75) is 412 Å². The lowest BCUT2D eigenvalue weighted by Gasteiger charge is -2.18. The summed E-state index contributed by atoms with van der Waals surface area (Å²) in [5.41, 5.74) is 0. The Bertz CT molecular complexity index is 1270. The highest BCUT2D eigenvalue weighted by molar-refractivity contribution is 5.71. The van der Waals surface area contributed by atoms with E-state index < -0.39 is 6.10 Å². The van der Waals surface area contributed by atoms with Crippen molar-refractivity contribution in [1.29, 1.82) is 0 Å². The second kappa shape index (κ2) is 68.4. The van der Waals surface area contributed by atoms with Crippen LogP contribution in [0.1, 0.15) is 406 Å². The monoisotopic (exact) mass is 1110 g/mol. The molecule has 0 heterocycles. The number of carbonyl (C=O) groups is 3. The molecule has 1 unspecified atom stereocenters. The Balaban J connectivity index is 4.31. The largest absolute Gasteiger partial charge is 0.462 e. The summed E-state index contributed by atoms with van der Waals surface area (Å²) in [6.07, 6.45) is 83.4. The van der Waals surface area contributed by atoms with Crippen molar-refractivity contribution in [3.05, 3.63) is 24.3 Å². The number of hydrogen-bond donors (Lipinski definition) is 0. The summed E-state index contributed by atoms with van der Waals surface area (Å²) in [5, 5.41) is 0. The number of hydrogen-bond acceptors (Lipinski definition) is 6. The lowest BCUT2D eigenvalue weighted by atomic mass is 10.0. The molecule has 0 N–H and O–H groups in total. The molecular weight excluding hydrogens is 973 g/mol. The summed E-state index contributed by atoms with van der Waals surface area (Å²) in [6, 6.07) is 0. The molecule has 0 aliphatic heterocycles. The molecule has 0 aliphatic carbocycles. The Morgan fingerprint density at radius 3 is 0.633 bits per heavy atom. The second-order valence-corrected chi connectivity index (χ2v) is 24.5. The fourth-order valence-corrected chi connectivity index (χ4v) is 11.0. The number of unbranched alkanes of at least 4 members (excludes halogenated alkanes) is 52. The SMILES string of the molecule is CCCCCCCC/C=C\CCCCCCCCCCCC(=O)OCC(COC(=O)CCCCCCCCCCC/C=C\CCCCCCCCCC)OC(=O)CCCCCCCCCCCCCCCCCCCCCCC. The summed E-state index contributed by atoms with van der Waals surface area (Å²) in [7, 11) is 0. The van der Waals surface area contributed by atoms with Crippen LogP contribution in [0.3, 0.4) is 0 Å². The third kappa shape index (κ3) is 66.6. The van der Waals surface area contributed by atoms with Gasteiger partial charge in [-0.25, -0.2) is 0 Å². The van der Waals surface area contributed by atoms with Gasteiger partial charge in [0.05, 0.1) is 0 Å². The molecule has 0 aromatic carbocycles. The average molecular weight is 1110 g/mol. The first kappa shape index (κ1) is 76.9. The predicted octanol–water partition coefficient (Wildman–Crippen LogP) is 24.6. The molecule has 0 aliphatic rings. The highest BCUT2D eigenvalue weighted by atomic mass is 16.6. The maximum atomic E-state index is 13.0. The van der Waals surface area contributed by atoms with E-state index in [0.29, 0.717) is 19.3 Å². The summed E-state index contributed by atoms with van der Waals surface area (Å²) < 4.78 is 17.0. The van der Waals surface area contributed by atoms with E-state index in [1.807, 2.05) is 0 Å². The molecule has 0 saturated carbocycles. The van der Waals surface area contributed by atoms with E-state index in [2.05, 4.69) is 45.1 Å². The fraction of sp³-hybridized carbons (Fsp3) is 0.904. The number of carbonyl (C=O) groups excluding carboxylic acids is 3. The van der Waals surface area contributed by atoms with Crippen molar-refractivity contribution in [3.63, 3.8) is 0 Å². The highest BCUT2D eigenvalue weighted by Gasteiger charge is 2.19. The topological polar surface area (TPSA) is 78.9 Å². The molecule has 466 valence electrons. The molecule has 0 spiro atoms. The van der Waals surface area contributed by atoms with Crippen LogP contribution in [0.25, 0.3) is 0 Å². The van der Waals surface area contributed by atoms with Gasteiger partial charge in [0.15, 0.2) is 6.10 Å². The molecule has 1 atom stereocenters. The van der Waals surface area contributed by atoms with E-state index >= 15 is 0 Å². The summed E-state index contributed by atoms with van der Waals surface area (Å²) >= 11 is 0. The zero-order valence-corrected chi connectivity index (χ0v) is 53.7. The molecule has 0 amide bonds. The van der Waals surface area contributed by atoms with E-state index in [1.165, 1.54) is 308 Å². The van der Waals surface area contributed by atoms with Crippen LogP contribution >= 0.6 is 0 Å². The van der Waals surface area contributed by atoms with Crippen molar-refractivity contribution in [3.8, 4) is 0 Å². The van der Waals surface area contributed by atoms with Crippen LogP contribution < -0.4 is 0 Å². The quantitative estimate of drug-likeness (QED) is 0.0261. The summed E-state index contributed by atoms with van der Waals surface area (Å²) in [6.45, 7) is 6.72. The van der Waals surface area contributed by atoms with Gasteiger partial charge in [-0.15, -0.1) is 0 Å². The standard InChI is InChI=1S/C73H138O6/c1-4-7-10-13-16-19-22-25-28-31-34-36-39-42-45-48-51-54-57-60-63-66-72(75)78-69-70(68-77-71(74)65-62-59-56-53-50-47-44-41-38-33-30-27-24-21-18-15-12-9-6-3)79-73(76)67-64-61-58-55-52-49-46-43-40-37-35-32-29-26-23-20-17-14-11-8-5-2/h27,30-31,34,70H,4-26,28-29,32-33,35-69H2,1-3H3/b30-27-,34-31-. The van der Waals surface area contributed by atoms with Gasteiger partial charge in [-0.3, -0.25) is 14.4 Å². The molecular formula is C73H138O6. The smallest absolute Gasteiger partial charge is 0.306 e. The van der Waals surface area contributed by atoms with Crippen LogP contribution in [0.15, 0.2) is 24.3 Å². The number of esters is 3. The Hall–Kier alpha value is -2.11. The molecule has 6 heteroatoms. The molecule has 0 rings (SSSR count). The van der Waals surface area contributed by atoms with Crippen molar-refractivity contribution in [2.75, 3.05) is 13.2 Å². The van der Waals surface area contributed by atoms with Crippen LogP contribution in [0.4, 0.5) is 0 Å². The first-order valence-corrected chi connectivity index (χ1v) is 35.8. The van der Waals surface area contributed by atoms with Gasteiger partial charge in [0.25, 0.3) is 0 Å². The fourth-order valence-electron chi connectivity index (χ4n) is 11.0. The van der Waals surface area contributed by atoms with Gasteiger partial charge < -0.3 is 14.2 Å². The molecule has 0 radical (unpaired) electrons. The Morgan fingerprint density at radius 2 is 0.418 bits per heavy atom. The van der Waals surface area contributed by atoms with E-state index in [1.54, 1.807) is 0 Å². The van der Waals surface area contributed by atoms with Crippen LogP contribution in [-0.2, 0) is 28.6 Å². The van der Waals surface area contributed by atoms with Gasteiger partial charge in [0.1, 0.15) is 13.2 Å². The summed E-state index contributed by atoms with van der Waals surface area (Å²) in [5.74, 6) is -0.837. The minimum atomic E-state index is -0.771. The van der Waals surface area contributed by atoms with Crippen LogP contribution in [0.5, 0.6) is 0 Å². The third-order valence-corrected chi connectivity index (χ3v) is 16.4. The van der Waals surface area contributed by atoms with E-state index in [0.717, 1.165) is 57.8 Å². The first-order chi connectivity index (χ1) is 39.0. The molecule has 0 aromatic heterocycles. The van der Waals surface area contributed by atoms with Crippen molar-refractivity contribution in [1.82, 2.24) is 0 Å². The maximum absolute atomic E-state index is 13.0. The van der Waals surface area contributed by atoms with E-state index in [4.69, 9.17) is 14.2 Å². The predicted molar refractivity (Wildman–Crippen MR) is 344 cm³/mol. The minimum absolute atomic E-state index is 0.0673. The second-order valence-electron chi connectivity index (χ2n) is 24.5. The van der Waals surface area contributed by atoms with Crippen molar-refractivity contribution in [2.24, 2.45) is 0 Å². The van der Waals surface area contributed by atoms with E-state index in [9.17, 15) is 14.4 Å². The highest BCUT2D eigenvalue weighted by Crippen LogP contribution is 2.19. The van der Waals surface area contributed by atoms with Crippen LogP contribution in [0, 0.1) is 0 Å². The van der Waals surface area contributed by atoms with Gasteiger partial charge in [0.2, 0.25) is 0 Å². The number of allylic oxidation sites excluding steroid dienone is 4. The number of rotatable bonds is 67. The van der Waals surface area contributed by atoms with Crippen LogP contribution in [0.2, 0.25) is 0 Å². The minimum Gasteiger partial charge on any atom is -0.462 e. The first-order valence-electron chi connectivity index (χ1n) is 35.8. The lowest BCUT2D eigenvalue weighted by Crippen LogP contribution is -2.30. The molecule has 0 aromatic rings. The normalized spacial score (nSPS) is 12.1. The molecule has 0 fully saturated rings. The van der Waals surface area contributed by atoms with Gasteiger partial charge in [-0.05, 0) is 70.6 Å². The van der Waals surface area contributed by atoms with E-state index in [-0.39, 0.29) is 31.1 Å². The third-order valence-electron chi connectivity index (χ3n) is 16.4. The zero-order valence-electron chi connectivity index (χ0n) is 53.7. The van der Waals surface area contributed by atoms with Crippen molar-refractivity contribution < 1.29 is 28.6 Å². The molecule has 0 saturated heterocycles. The Kier molecular flexibility index (Phi) is 66.6. The summed E-state index contributed by atoms with van der Waals surface area (Å²) in [4.78, 5) is 38.5. The Morgan fingerprint density at radius 1 is 0.241 bits per heavy atom. The maximum Gasteiger partial charge on any atom is 0.306 e. The molecule has 79 heavy (non-hydrogen) atoms. The average Bonchev–Trinajstić information content (AvgIpc) is 3.45. The Labute approximate surface area is 493 Å².